The van der Waals surface area contributed by atoms with Gasteiger partial charge in [0.2, 0.25) is 0 Å². The van der Waals surface area contributed by atoms with Crippen LogP contribution in [0, 0.1) is 6.92 Å². The molecule has 0 fully saturated rings. The molecule has 0 radical (unpaired) electrons. The Balaban J connectivity index is 3.43. The van der Waals surface area contributed by atoms with Crippen LogP contribution in [0.3, 0.4) is 0 Å². The average Bonchev–Trinajstić information content (AvgIpc) is 2.01. The van der Waals surface area contributed by atoms with E-state index in [1.54, 1.807) is 19.1 Å². The van der Waals surface area contributed by atoms with Gasteiger partial charge in [0.25, 0.3) is 0 Å². The molecule has 0 aliphatic carbocycles. The van der Waals surface area contributed by atoms with Gasteiger partial charge in [0.05, 0.1) is 4.90 Å². The van der Waals surface area contributed by atoms with Gasteiger partial charge in [0.15, 0.2) is 15.6 Å². The van der Waals surface area contributed by atoms with Crippen molar-refractivity contribution in [3.63, 3.8) is 0 Å². The lowest BCUT2D eigenvalue weighted by atomic mass is 10.1. The summed E-state index contributed by atoms with van der Waals surface area (Å²) < 4.78 is 22.5. The molecule has 0 spiro atoms. The molecule has 1 aromatic rings. The van der Waals surface area contributed by atoms with Crippen LogP contribution in [0.25, 0.3) is 0 Å². The zero-order valence-corrected chi connectivity index (χ0v) is 9.18. The largest absolute Gasteiger partial charge is 0.295 e. The molecule has 0 aliphatic heterocycles. The zero-order chi connectivity index (χ0) is 10.9. The summed E-state index contributed by atoms with van der Waals surface area (Å²) in [6.45, 7) is 3.18. The van der Waals surface area contributed by atoms with Crippen LogP contribution in [0.2, 0.25) is 0 Å². The standard InChI is InChI=1S/C10H12O3S/c1-7-4-9(8(2)11)6-10(5-7)14(3,12)13/h4-6H,1-3H3. The number of benzene rings is 1. The maximum Gasteiger partial charge on any atom is 0.175 e. The molecule has 3 nitrogen and oxygen atoms in total. The first kappa shape index (κ1) is 10.9. The molecule has 0 atom stereocenters. The molecular formula is C10H12O3S. The Morgan fingerprint density at radius 3 is 2.21 bits per heavy atom. The third-order valence-corrected chi connectivity index (χ3v) is 2.98. The molecule has 1 aromatic carbocycles. The molecular weight excluding hydrogens is 200 g/mol. The number of sulfone groups is 1. The van der Waals surface area contributed by atoms with Crippen LogP contribution < -0.4 is 0 Å². The summed E-state index contributed by atoms with van der Waals surface area (Å²) in [6, 6.07) is 4.64. The fourth-order valence-electron chi connectivity index (χ4n) is 1.17. The third-order valence-electron chi connectivity index (χ3n) is 1.89. The molecule has 0 aromatic heterocycles. The number of rotatable bonds is 2. The summed E-state index contributed by atoms with van der Waals surface area (Å²) >= 11 is 0. The second kappa shape index (κ2) is 3.53. The van der Waals surface area contributed by atoms with Crippen molar-refractivity contribution < 1.29 is 13.2 Å². The third kappa shape index (κ3) is 2.42. The van der Waals surface area contributed by atoms with Gasteiger partial charge < -0.3 is 0 Å². The second-order valence-electron chi connectivity index (χ2n) is 3.36. The van der Waals surface area contributed by atoms with Crippen molar-refractivity contribution in [2.45, 2.75) is 18.7 Å². The van der Waals surface area contributed by atoms with Crippen LogP contribution in [0.5, 0.6) is 0 Å². The molecule has 0 unspecified atom stereocenters. The summed E-state index contributed by atoms with van der Waals surface area (Å²) in [6.07, 6.45) is 1.13. The Kier molecular flexibility index (Phi) is 2.76. The monoisotopic (exact) mass is 212 g/mol. The highest BCUT2D eigenvalue weighted by atomic mass is 32.2. The Morgan fingerprint density at radius 1 is 1.21 bits per heavy atom. The fraction of sp³-hybridized carbons (Fsp3) is 0.300. The van der Waals surface area contributed by atoms with Crippen molar-refractivity contribution in [3.05, 3.63) is 29.3 Å². The van der Waals surface area contributed by atoms with Crippen molar-refractivity contribution in [2.75, 3.05) is 6.26 Å². The van der Waals surface area contributed by atoms with E-state index in [1.165, 1.54) is 13.0 Å². The summed E-state index contributed by atoms with van der Waals surface area (Å²) in [5.74, 6) is -0.126. The van der Waals surface area contributed by atoms with E-state index in [-0.39, 0.29) is 10.7 Å². The van der Waals surface area contributed by atoms with Crippen LogP contribution in [-0.4, -0.2) is 20.5 Å². The van der Waals surface area contributed by atoms with E-state index in [0.717, 1.165) is 11.8 Å². The molecule has 0 heterocycles. The number of hydrogen-bond donors (Lipinski definition) is 0. The number of hydrogen-bond acceptors (Lipinski definition) is 3. The normalized spacial score (nSPS) is 11.4. The van der Waals surface area contributed by atoms with Crippen LogP contribution in [0.1, 0.15) is 22.8 Å². The summed E-state index contributed by atoms with van der Waals surface area (Å²) in [5.41, 5.74) is 1.21. The van der Waals surface area contributed by atoms with Crippen molar-refractivity contribution >= 4 is 15.6 Å². The topological polar surface area (TPSA) is 51.2 Å². The first-order valence-electron chi connectivity index (χ1n) is 4.13. The SMILES string of the molecule is CC(=O)c1cc(C)cc(S(C)(=O)=O)c1. The van der Waals surface area contributed by atoms with Gasteiger partial charge >= 0.3 is 0 Å². The molecule has 0 N–H and O–H groups in total. The van der Waals surface area contributed by atoms with E-state index in [1.807, 2.05) is 0 Å². The Morgan fingerprint density at radius 2 is 1.79 bits per heavy atom. The van der Waals surface area contributed by atoms with Crippen LogP contribution in [-0.2, 0) is 9.84 Å². The van der Waals surface area contributed by atoms with Crippen molar-refractivity contribution in [1.29, 1.82) is 0 Å². The van der Waals surface area contributed by atoms with Crippen molar-refractivity contribution in [1.82, 2.24) is 0 Å². The van der Waals surface area contributed by atoms with Crippen LogP contribution in [0.4, 0.5) is 0 Å². The quantitative estimate of drug-likeness (QED) is 0.700. The first-order valence-corrected chi connectivity index (χ1v) is 6.02. The van der Waals surface area contributed by atoms with E-state index in [9.17, 15) is 13.2 Å². The van der Waals surface area contributed by atoms with Gasteiger partial charge in [-0.3, -0.25) is 4.79 Å². The van der Waals surface area contributed by atoms with Gasteiger partial charge in [-0.2, -0.15) is 0 Å². The predicted molar refractivity (Wildman–Crippen MR) is 54.3 cm³/mol. The number of ketones is 1. The van der Waals surface area contributed by atoms with Crippen LogP contribution >= 0.6 is 0 Å². The summed E-state index contributed by atoms with van der Waals surface area (Å²) in [4.78, 5) is 11.3. The number of carbonyl (C=O) groups is 1. The molecule has 4 heteroatoms. The molecule has 14 heavy (non-hydrogen) atoms. The molecule has 0 amide bonds. The van der Waals surface area contributed by atoms with Gasteiger partial charge in [-0.15, -0.1) is 0 Å². The fourth-order valence-corrected chi connectivity index (χ4v) is 1.91. The van der Waals surface area contributed by atoms with Gasteiger partial charge in [0.1, 0.15) is 0 Å². The zero-order valence-electron chi connectivity index (χ0n) is 8.37. The number of aryl methyl sites for hydroxylation is 1. The molecule has 1 rings (SSSR count). The lowest BCUT2D eigenvalue weighted by Gasteiger charge is -2.03. The van der Waals surface area contributed by atoms with Gasteiger partial charge in [0, 0.05) is 11.8 Å². The highest BCUT2D eigenvalue weighted by molar-refractivity contribution is 7.90. The van der Waals surface area contributed by atoms with Gasteiger partial charge in [-0.25, -0.2) is 8.42 Å². The highest BCUT2D eigenvalue weighted by Gasteiger charge is 2.10. The maximum atomic E-state index is 11.2. The van der Waals surface area contributed by atoms with E-state index in [0.29, 0.717) is 5.56 Å². The van der Waals surface area contributed by atoms with E-state index in [2.05, 4.69) is 0 Å². The van der Waals surface area contributed by atoms with Crippen molar-refractivity contribution in [3.8, 4) is 0 Å². The molecule has 76 valence electrons. The minimum absolute atomic E-state index is 0.126. The molecule has 0 saturated heterocycles. The van der Waals surface area contributed by atoms with E-state index < -0.39 is 9.84 Å². The molecule has 0 aliphatic rings. The summed E-state index contributed by atoms with van der Waals surface area (Å²) in [7, 11) is -3.23. The summed E-state index contributed by atoms with van der Waals surface area (Å²) in [5, 5.41) is 0. The number of Topliss-reactive ketones (excluding diaryl/α,β-unsaturated/α-hetero) is 1. The predicted octanol–water partition coefficient (Wildman–Crippen LogP) is 1.60. The lowest BCUT2D eigenvalue weighted by molar-refractivity contribution is 0.101. The Hall–Kier alpha value is -1.16. The van der Waals surface area contributed by atoms with E-state index >= 15 is 0 Å². The number of carbonyl (C=O) groups excluding carboxylic acids is 1. The smallest absolute Gasteiger partial charge is 0.175 e. The molecule has 0 bridgehead atoms. The highest BCUT2D eigenvalue weighted by Crippen LogP contribution is 2.15. The van der Waals surface area contributed by atoms with Crippen molar-refractivity contribution in [2.24, 2.45) is 0 Å². The van der Waals surface area contributed by atoms with Gasteiger partial charge in [-0.05, 0) is 37.6 Å². The minimum atomic E-state index is -3.23. The maximum absolute atomic E-state index is 11.2. The van der Waals surface area contributed by atoms with Crippen LogP contribution in [0.15, 0.2) is 23.1 Å². The Bertz CT molecular complexity index is 472. The van der Waals surface area contributed by atoms with Gasteiger partial charge in [-0.1, -0.05) is 0 Å². The first-order chi connectivity index (χ1) is 6.30. The minimum Gasteiger partial charge on any atom is -0.295 e. The molecule has 0 saturated carbocycles. The second-order valence-corrected chi connectivity index (χ2v) is 5.38. The lowest BCUT2D eigenvalue weighted by Crippen LogP contribution is -2.01. The average molecular weight is 212 g/mol. The Labute approximate surface area is 83.7 Å². The van der Waals surface area contributed by atoms with E-state index in [4.69, 9.17) is 0 Å².